The minimum Gasteiger partial charge on any atom is -0.465 e. The fraction of sp³-hybridized carbons (Fsp3) is 0.808. The number of ether oxygens (including phenoxy) is 3. The number of amides is 1. The Labute approximate surface area is 232 Å². The van der Waals surface area contributed by atoms with E-state index >= 15 is 0 Å². The summed E-state index contributed by atoms with van der Waals surface area (Å²) in [5, 5.41) is 10.6. The molecule has 1 fully saturated rings. The summed E-state index contributed by atoms with van der Waals surface area (Å²) < 4.78 is 21.5. The van der Waals surface area contributed by atoms with Gasteiger partial charge in [-0.2, -0.15) is 0 Å². The first kappa shape index (κ1) is 34.1. The molecule has 12 heteroatoms. The van der Waals surface area contributed by atoms with Gasteiger partial charge in [-0.1, -0.05) is 39.9 Å². The third-order valence-electron chi connectivity index (χ3n) is 7.35. The Kier molecular flexibility index (Phi) is 12.5. The molecule has 1 saturated heterocycles. The number of hydrogen-bond donors (Lipinski definition) is 1. The lowest BCUT2D eigenvalue weighted by Gasteiger charge is -2.54. The van der Waals surface area contributed by atoms with Crippen molar-refractivity contribution in [2.24, 2.45) is 17.8 Å². The van der Waals surface area contributed by atoms with Gasteiger partial charge in [0.05, 0.1) is 37.9 Å². The Balaban J connectivity index is 3.34. The first-order valence-electron chi connectivity index (χ1n) is 13.2. The average Bonchev–Trinajstić information content (AvgIpc) is 2.79. The number of esters is 3. The molecule has 1 heterocycles. The van der Waals surface area contributed by atoms with E-state index < -0.39 is 68.3 Å². The van der Waals surface area contributed by atoms with Gasteiger partial charge in [0.15, 0.2) is 14.2 Å². The summed E-state index contributed by atoms with van der Waals surface area (Å²) >= 11 is 5.66. The van der Waals surface area contributed by atoms with Crippen molar-refractivity contribution < 1.29 is 42.9 Å². The molecule has 0 bridgehead atoms. The maximum absolute atomic E-state index is 13.3. The zero-order chi connectivity index (χ0) is 29.6. The number of carbonyl (C=O) groups excluding carboxylic acids is 4. The Morgan fingerprint density at radius 1 is 0.974 bits per heavy atom. The third kappa shape index (κ3) is 7.83. The van der Waals surface area contributed by atoms with Crippen LogP contribution in [-0.2, 0) is 37.8 Å². The molecule has 1 amide bonds. The molecule has 0 aromatic heterocycles. The van der Waals surface area contributed by atoms with Crippen LogP contribution in [0.15, 0.2) is 0 Å². The topological polar surface area (TPSA) is 129 Å². The van der Waals surface area contributed by atoms with Crippen LogP contribution in [-0.4, -0.2) is 85.2 Å². The number of nitrogens with zero attached hydrogens (tertiary/aromatic N) is 1. The van der Waals surface area contributed by atoms with Gasteiger partial charge in [0, 0.05) is 12.3 Å². The molecule has 1 rings (SSSR count). The van der Waals surface area contributed by atoms with E-state index in [-0.39, 0.29) is 31.3 Å². The molecule has 0 spiro atoms. The second kappa shape index (κ2) is 13.9. The fourth-order valence-electron chi connectivity index (χ4n) is 4.24. The molecule has 0 saturated carbocycles. The van der Waals surface area contributed by atoms with E-state index in [0.717, 1.165) is 4.90 Å². The molecule has 1 aliphatic heterocycles. The number of hydrogen-bond acceptors (Lipinski definition) is 10. The number of aliphatic hydroxyl groups excluding tert-OH is 1. The maximum atomic E-state index is 13.3. The lowest BCUT2D eigenvalue weighted by molar-refractivity contribution is -0.198. The molecule has 0 radical (unpaired) electrons. The first-order chi connectivity index (χ1) is 17.5. The van der Waals surface area contributed by atoms with E-state index in [4.69, 9.17) is 30.9 Å². The van der Waals surface area contributed by atoms with E-state index in [2.05, 4.69) is 33.9 Å². The van der Waals surface area contributed by atoms with Crippen LogP contribution in [0.2, 0.25) is 18.1 Å². The van der Waals surface area contributed by atoms with Gasteiger partial charge < -0.3 is 28.6 Å². The van der Waals surface area contributed by atoms with Gasteiger partial charge in [-0.3, -0.25) is 14.4 Å². The second-order valence-corrected chi connectivity index (χ2v) is 16.3. The number of carbonyl (C=O) groups is 4. The van der Waals surface area contributed by atoms with Gasteiger partial charge in [-0.15, -0.1) is 0 Å². The summed E-state index contributed by atoms with van der Waals surface area (Å²) in [6, 6.07) is -0.723. The lowest BCUT2D eigenvalue weighted by atomic mass is 9.74. The van der Waals surface area contributed by atoms with Crippen LogP contribution in [0.1, 0.15) is 61.8 Å². The summed E-state index contributed by atoms with van der Waals surface area (Å²) in [6.45, 7) is 19.0. The second-order valence-electron chi connectivity index (χ2n) is 11.0. The molecular formula is C26H45NO9SSi. The fourth-order valence-corrected chi connectivity index (χ4v) is 5.98. The number of rotatable bonds is 14. The lowest BCUT2D eigenvalue weighted by Crippen LogP contribution is -2.72. The summed E-state index contributed by atoms with van der Waals surface area (Å²) in [5.74, 6) is -5.46. The number of likely N-dealkylation sites (tertiary alicyclic amines) is 1. The van der Waals surface area contributed by atoms with Crippen LogP contribution < -0.4 is 0 Å². The van der Waals surface area contributed by atoms with Crippen molar-refractivity contribution in [3.05, 3.63) is 0 Å². The third-order valence-corrected chi connectivity index (χ3v) is 12.5. The monoisotopic (exact) mass is 575 g/mol. The van der Waals surface area contributed by atoms with Crippen molar-refractivity contribution in [1.29, 1.82) is 0 Å². The van der Waals surface area contributed by atoms with E-state index in [1.54, 1.807) is 34.6 Å². The van der Waals surface area contributed by atoms with Crippen LogP contribution >= 0.6 is 12.2 Å². The number of aliphatic hydroxyl groups is 1. The van der Waals surface area contributed by atoms with Gasteiger partial charge >= 0.3 is 17.9 Å². The highest BCUT2D eigenvalue weighted by molar-refractivity contribution is 7.80. The summed E-state index contributed by atoms with van der Waals surface area (Å²) in [6.07, 6.45) is -2.50. The molecule has 218 valence electrons. The summed E-state index contributed by atoms with van der Waals surface area (Å²) in [7, 11) is -2.27. The van der Waals surface area contributed by atoms with Gasteiger partial charge in [0.1, 0.15) is 0 Å². The largest absolute Gasteiger partial charge is 0.465 e. The average molecular weight is 576 g/mol. The van der Waals surface area contributed by atoms with E-state index in [1.165, 1.54) is 0 Å². The Morgan fingerprint density at radius 2 is 1.42 bits per heavy atom. The Hall–Kier alpha value is -1.89. The zero-order valence-corrected chi connectivity index (χ0v) is 26.2. The smallest absolute Gasteiger partial charge is 0.356 e. The number of thiocarbonyl (C=S) groups is 1. The van der Waals surface area contributed by atoms with Crippen molar-refractivity contribution in [2.75, 3.05) is 19.8 Å². The van der Waals surface area contributed by atoms with Crippen molar-refractivity contribution in [2.45, 2.75) is 98.3 Å². The van der Waals surface area contributed by atoms with E-state index in [0.29, 0.717) is 4.86 Å². The quantitative estimate of drug-likeness (QED) is 0.0823. The van der Waals surface area contributed by atoms with Gasteiger partial charge in [0.25, 0.3) is 0 Å². The molecule has 1 aliphatic rings. The van der Waals surface area contributed by atoms with E-state index in [9.17, 15) is 24.3 Å². The molecular weight excluding hydrogens is 530 g/mol. The molecule has 0 aromatic carbocycles. The predicted molar refractivity (Wildman–Crippen MR) is 148 cm³/mol. The Bertz CT molecular complexity index is 870. The molecule has 0 aliphatic carbocycles. The van der Waals surface area contributed by atoms with Crippen LogP contribution in [0.25, 0.3) is 0 Å². The summed E-state index contributed by atoms with van der Waals surface area (Å²) in [5.41, 5.74) is 0. The van der Waals surface area contributed by atoms with Gasteiger partial charge in [-0.05, 0) is 50.7 Å². The predicted octanol–water partition coefficient (Wildman–Crippen LogP) is 3.24. The molecule has 0 aromatic rings. The highest BCUT2D eigenvalue weighted by Gasteiger charge is 2.58. The molecule has 38 heavy (non-hydrogen) atoms. The highest BCUT2D eigenvalue weighted by atomic mass is 32.1. The SMILES string of the molecule is CCOC(=O)C(CC(=S)[C@H](C)[C@@H]1[C@@H]([C@@H](C)O[Si](C)(C)C(C)(C)C)C(=O)N1C(O)C(=O)OCC)C(=O)OCC. The van der Waals surface area contributed by atoms with Crippen LogP contribution in [0, 0.1) is 17.8 Å². The maximum Gasteiger partial charge on any atom is 0.356 e. The van der Waals surface area contributed by atoms with Crippen molar-refractivity contribution in [3.8, 4) is 0 Å². The van der Waals surface area contributed by atoms with E-state index in [1.807, 2.05) is 0 Å². The van der Waals surface area contributed by atoms with Crippen molar-refractivity contribution in [3.63, 3.8) is 0 Å². The van der Waals surface area contributed by atoms with Gasteiger partial charge in [-0.25, -0.2) is 4.79 Å². The van der Waals surface area contributed by atoms with Gasteiger partial charge in [0.2, 0.25) is 12.1 Å². The summed E-state index contributed by atoms with van der Waals surface area (Å²) in [4.78, 5) is 52.1. The van der Waals surface area contributed by atoms with Crippen molar-refractivity contribution >= 4 is 49.2 Å². The first-order valence-corrected chi connectivity index (χ1v) is 16.5. The molecule has 5 atom stereocenters. The Morgan fingerprint density at radius 3 is 1.84 bits per heavy atom. The normalized spacial score (nSPS) is 20.3. The van der Waals surface area contributed by atoms with Crippen molar-refractivity contribution in [1.82, 2.24) is 4.90 Å². The molecule has 1 N–H and O–H groups in total. The standard InChI is InChI=1S/C26H45NO9SSi/c1-11-33-23(30)17(24(31)34-12-2)14-18(37)15(4)20-19(16(5)36-38(9,10)26(6,7)8)21(28)27(20)22(29)25(32)35-13-3/h15-17,19-20,22,29H,11-14H2,1-10H3/t15-,16+,19+,20+,22?/m0/s1. The number of β-lactam (4-membered cyclic amide) rings is 1. The minimum absolute atomic E-state index is 0.0334. The minimum atomic E-state index is -2.27. The molecule has 10 nitrogen and oxygen atoms in total. The van der Waals surface area contributed by atoms with Crippen LogP contribution in [0.5, 0.6) is 0 Å². The highest BCUT2D eigenvalue weighted by Crippen LogP contribution is 2.43. The molecule has 1 unspecified atom stereocenters. The van der Waals surface area contributed by atoms with Crippen LogP contribution in [0.3, 0.4) is 0 Å². The zero-order valence-electron chi connectivity index (χ0n) is 24.4. The van der Waals surface area contributed by atoms with Crippen LogP contribution in [0.4, 0.5) is 0 Å².